The third-order valence-corrected chi connectivity index (χ3v) is 3.62. The van der Waals surface area contributed by atoms with E-state index in [0.29, 0.717) is 6.54 Å². The SMILES string of the molecule is CC(CNC(=O)C1CCNC1)Oc1cccc(Br)c1.Cl. The van der Waals surface area contributed by atoms with Gasteiger partial charge in [-0.2, -0.15) is 0 Å². The Labute approximate surface area is 134 Å². The molecule has 2 rings (SSSR count). The number of carbonyl (C=O) groups excluding carboxylic acids is 1. The van der Waals surface area contributed by atoms with E-state index in [2.05, 4.69) is 26.6 Å². The fourth-order valence-electron chi connectivity index (χ4n) is 2.08. The number of halogens is 2. The molecule has 1 aliphatic heterocycles. The molecule has 0 radical (unpaired) electrons. The van der Waals surface area contributed by atoms with Crippen LogP contribution in [0.25, 0.3) is 0 Å². The molecule has 1 amide bonds. The lowest BCUT2D eigenvalue weighted by Crippen LogP contribution is -2.38. The number of amides is 1. The van der Waals surface area contributed by atoms with E-state index in [4.69, 9.17) is 4.74 Å². The maximum absolute atomic E-state index is 11.8. The van der Waals surface area contributed by atoms with Crippen molar-refractivity contribution < 1.29 is 9.53 Å². The Morgan fingerprint density at radius 1 is 1.60 bits per heavy atom. The summed E-state index contributed by atoms with van der Waals surface area (Å²) in [5.74, 6) is 1.03. The fourth-order valence-corrected chi connectivity index (χ4v) is 2.46. The van der Waals surface area contributed by atoms with Gasteiger partial charge in [-0.25, -0.2) is 0 Å². The molecule has 4 nitrogen and oxygen atoms in total. The van der Waals surface area contributed by atoms with Crippen LogP contribution in [0.15, 0.2) is 28.7 Å². The van der Waals surface area contributed by atoms with Crippen molar-refractivity contribution >= 4 is 34.2 Å². The first-order valence-corrected chi connectivity index (χ1v) is 7.35. The smallest absolute Gasteiger partial charge is 0.224 e. The van der Waals surface area contributed by atoms with Gasteiger partial charge < -0.3 is 15.4 Å². The van der Waals surface area contributed by atoms with Crippen LogP contribution in [0.4, 0.5) is 0 Å². The Hall–Kier alpha value is -0.780. The molecule has 1 fully saturated rings. The van der Waals surface area contributed by atoms with Crippen molar-refractivity contribution in [3.63, 3.8) is 0 Å². The highest BCUT2D eigenvalue weighted by Gasteiger charge is 2.22. The molecule has 0 saturated carbocycles. The predicted molar refractivity (Wildman–Crippen MR) is 85.5 cm³/mol. The Morgan fingerprint density at radius 2 is 2.40 bits per heavy atom. The van der Waals surface area contributed by atoms with Gasteiger partial charge in [0.1, 0.15) is 11.9 Å². The van der Waals surface area contributed by atoms with E-state index in [9.17, 15) is 4.79 Å². The number of carbonyl (C=O) groups is 1. The Morgan fingerprint density at radius 3 is 3.05 bits per heavy atom. The number of nitrogens with one attached hydrogen (secondary N) is 2. The molecule has 0 aliphatic carbocycles. The summed E-state index contributed by atoms with van der Waals surface area (Å²) < 4.78 is 6.73. The Balaban J connectivity index is 0.00000200. The predicted octanol–water partition coefficient (Wildman–Crippen LogP) is 2.36. The number of benzene rings is 1. The lowest BCUT2D eigenvalue weighted by molar-refractivity contribution is -0.124. The molecular formula is C14H20BrClN2O2. The zero-order valence-corrected chi connectivity index (χ0v) is 13.8. The molecular weight excluding hydrogens is 344 g/mol. The summed E-state index contributed by atoms with van der Waals surface area (Å²) in [6.07, 6.45) is 0.875. The quantitative estimate of drug-likeness (QED) is 0.844. The molecule has 6 heteroatoms. The molecule has 1 saturated heterocycles. The second kappa shape index (κ2) is 8.49. The van der Waals surface area contributed by atoms with E-state index in [1.807, 2.05) is 31.2 Å². The molecule has 0 spiro atoms. The highest BCUT2D eigenvalue weighted by Crippen LogP contribution is 2.18. The van der Waals surface area contributed by atoms with E-state index in [-0.39, 0.29) is 30.3 Å². The van der Waals surface area contributed by atoms with E-state index < -0.39 is 0 Å². The summed E-state index contributed by atoms with van der Waals surface area (Å²) in [4.78, 5) is 11.8. The highest BCUT2D eigenvalue weighted by molar-refractivity contribution is 9.10. The van der Waals surface area contributed by atoms with Crippen LogP contribution >= 0.6 is 28.3 Å². The lowest BCUT2D eigenvalue weighted by Gasteiger charge is -2.17. The molecule has 1 aromatic rings. The van der Waals surface area contributed by atoms with Crippen molar-refractivity contribution in [3.05, 3.63) is 28.7 Å². The van der Waals surface area contributed by atoms with Gasteiger partial charge in [-0.05, 0) is 38.1 Å². The normalized spacial score (nSPS) is 19.0. The van der Waals surface area contributed by atoms with Gasteiger partial charge in [-0.3, -0.25) is 4.79 Å². The molecule has 1 aromatic carbocycles. The molecule has 2 atom stereocenters. The average Bonchev–Trinajstić information content (AvgIpc) is 2.90. The molecule has 0 aromatic heterocycles. The van der Waals surface area contributed by atoms with Crippen LogP contribution in [0, 0.1) is 5.92 Å². The van der Waals surface area contributed by atoms with Gasteiger partial charge in [-0.1, -0.05) is 22.0 Å². The van der Waals surface area contributed by atoms with E-state index in [0.717, 1.165) is 29.7 Å². The first-order chi connectivity index (χ1) is 9.15. The number of hydrogen-bond acceptors (Lipinski definition) is 3. The average molecular weight is 364 g/mol. The summed E-state index contributed by atoms with van der Waals surface area (Å²) in [7, 11) is 0. The Kier molecular flexibility index (Phi) is 7.34. The van der Waals surface area contributed by atoms with Crippen molar-refractivity contribution in [2.75, 3.05) is 19.6 Å². The third kappa shape index (κ3) is 5.31. The zero-order valence-electron chi connectivity index (χ0n) is 11.4. The maximum Gasteiger partial charge on any atom is 0.224 e. The third-order valence-electron chi connectivity index (χ3n) is 3.13. The van der Waals surface area contributed by atoms with Gasteiger partial charge in [0.05, 0.1) is 12.5 Å². The zero-order chi connectivity index (χ0) is 13.7. The molecule has 1 heterocycles. The van der Waals surface area contributed by atoms with Gasteiger partial charge >= 0.3 is 0 Å². The van der Waals surface area contributed by atoms with Crippen LogP contribution in [0.5, 0.6) is 5.75 Å². The molecule has 1 aliphatic rings. The van der Waals surface area contributed by atoms with Crippen molar-refractivity contribution in [3.8, 4) is 5.75 Å². The van der Waals surface area contributed by atoms with Gasteiger partial charge in [0.2, 0.25) is 5.91 Å². The summed E-state index contributed by atoms with van der Waals surface area (Å²) in [5.41, 5.74) is 0. The van der Waals surface area contributed by atoms with Crippen molar-refractivity contribution in [2.24, 2.45) is 5.92 Å². The summed E-state index contributed by atoms with van der Waals surface area (Å²) >= 11 is 3.40. The van der Waals surface area contributed by atoms with Crippen LogP contribution in [0.2, 0.25) is 0 Å². The number of hydrogen-bond donors (Lipinski definition) is 2. The van der Waals surface area contributed by atoms with Crippen molar-refractivity contribution in [1.29, 1.82) is 0 Å². The topological polar surface area (TPSA) is 50.4 Å². The van der Waals surface area contributed by atoms with E-state index in [1.54, 1.807) is 0 Å². The van der Waals surface area contributed by atoms with Crippen LogP contribution in [-0.4, -0.2) is 31.6 Å². The second-order valence-corrected chi connectivity index (χ2v) is 5.74. The van der Waals surface area contributed by atoms with Crippen LogP contribution in [0.3, 0.4) is 0 Å². The van der Waals surface area contributed by atoms with Gasteiger partial charge in [0, 0.05) is 11.0 Å². The monoisotopic (exact) mass is 362 g/mol. The first-order valence-electron chi connectivity index (χ1n) is 6.56. The summed E-state index contributed by atoms with van der Waals surface area (Å²) in [5, 5.41) is 6.13. The minimum Gasteiger partial charge on any atom is -0.489 e. The Bertz CT molecular complexity index is 439. The minimum atomic E-state index is -0.0485. The molecule has 2 N–H and O–H groups in total. The molecule has 112 valence electrons. The fraction of sp³-hybridized carbons (Fsp3) is 0.500. The van der Waals surface area contributed by atoms with Crippen LogP contribution in [-0.2, 0) is 4.79 Å². The van der Waals surface area contributed by atoms with Gasteiger partial charge in [-0.15, -0.1) is 12.4 Å². The second-order valence-electron chi connectivity index (χ2n) is 4.82. The first kappa shape index (κ1) is 17.3. The van der Waals surface area contributed by atoms with Gasteiger partial charge in [0.25, 0.3) is 0 Å². The molecule has 20 heavy (non-hydrogen) atoms. The number of rotatable bonds is 5. The maximum atomic E-state index is 11.8. The summed E-state index contributed by atoms with van der Waals surface area (Å²) in [6, 6.07) is 7.70. The van der Waals surface area contributed by atoms with E-state index >= 15 is 0 Å². The van der Waals surface area contributed by atoms with Crippen molar-refractivity contribution in [2.45, 2.75) is 19.4 Å². The number of ether oxygens (including phenoxy) is 1. The summed E-state index contributed by atoms with van der Waals surface area (Å²) in [6.45, 7) is 4.20. The molecule has 0 bridgehead atoms. The lowest BCUT2D eigenvalue weighted by atomic mass is 10.1. The van der Waals surface area contributed by atoms with Crippen LogP contribution < -0.4 is 15.4 Å². The standard InChI is InChI=1S/C14H19BrN2O2.ClH/c1-10(19-13-4-2-3-12(15)7-13)8-17-14(18)11-5-6-16-9-11;/h2-4,7,10-11,16H,5-6,8-9H2,1H3,(H,17,18);1H. The largest absolute Gasteiger partial charge is 0.489 e. The highest BCUT2D eigenvalue weighted by atomic mass is 79.9. The minimum absolute atomic E-state index is 0. The van der Waals surface area contributed by atoms with Crippen molar-refractivity contribution in [1.82, 2.24) is 10.6 Å². The molecule has 2 unspecified atom stereocenters. The van der Waals surface area contributed by atoms with Gasteiger partial charge in [0.15, 0.2) is 0 Å². The van der Waals surface area contributed by atoms with Crippen LogP contribution in [0.1, 0.15) is 13.3 Å². The van der Waals surface area contributed by atoms with E-state index in [1.165, 1.54) is 0 Å².